The molecule has 164 valence electrons. The molecule has 30 heavy (non-hydrogen) atoms. The van der Waals surface area contributed by atoms with Crippen LogP contribution in [0.1, 0.15) is 20.3 Å². The van der Waals surface area contributed by atoms with Gasteiger partial charge in [0.25, 0.3) is 0 Å². The van der Waals surface area contributed by atoms with Gasteiger partial charge in [0, 0.05) is 11.4 Å². The largest absolute Gasteiger partial charge is 0.467 e. The smallest absolute Gasteiger partial charge is 0.328 e. The maximum atomic E-state index is 13.5. The zero-order valence-corrected chi connectivity index (χ0v) is 17.8. The van der Waals surface area contributed by atoms with Gasteiger partial charge in [0.15, 0.2) is 5.16 Å². The highest BCUT2D eigenvalue weighted by Gasteiger charge is 2.22. The van der Waals surface area contributed by atoms with Crippen LogP contribution in [0.2, 0.25) is 0 Å². The van der Waals surface area contributed by atoms with E-state index in [-0.39, 0.29) is 28.7 Å². The van der Waals surface area contributed by atoms with Gasteiger partial charge < -0.3 is 25.6 Å². The van der Waals surface area contributed by atoms with Crippen molar-refractivity contribution >= 4 is 35.3 Å². The van der Waals surface area contributed by atoms with Gasteiger partial charge in [-0.25, -0.2) is 9.18 Å². The number of thioether (sulfide) groups is 1. The van der Waals surface area contributed by atoms with Crippen LogP contribution in [0.25, 0.3) is 0 Å². The van der Waals surface area contributed by atoms with Gasteiger partial charge >= 0.3 is 5.97 Å². The Morgan fingerprint density at radius 2 is 2.00 bits per heavy atom. The number of aliphatic hydroxyl groups is 2. The first-order chi connectivity index (χ1) is 14.3. The van der Waals surface area contributed by atoms with Gasteiger partial charge in [0.05, 0.1) is 19.8 Å². The third-order valence-corrected chi connectivity index (χ3v) is 4.80. The molecular weight excluding hydrogens is 413 g/mol. The minimum Gasteiger partial charge on any atom is -0.467 e. The summed E-state index contributed by atoms with van der Waals surface area (Å²) in [6.07, 6.45) is -0.442. The number of nitrogens with one attached hydrogen (secondary N) is 2. The Morgan fingerprint density at radius 3 is 2.63 bits per heavy atom. The van der Waals surface area contributed by atoms with Crippen molar-refractivity contribution < 1.29 is 24.1 Å². The van der Waals surface area contributed by atoms with Crippen LogP contribution in [0.5, 0.6) is 0 Å². The number of aliphatic hydroxyl groups excluding tert-OH is 2. The number of hydrogen-bond acceptors (Lipinski definition) is 10. The summed E-state index contributed by atoms with van der Waals surface area (Å²) in [7, 11) is 1.30. The molecule has 4 N–H and O–H groups in total. The molecule has 0 aliphatic heterocycles. The molecule has 9 nitrogen and oxygen atoms in total. The van der Waals surface area contributed by atoms with E-state index in [2.05, 4.69) is 25.6 Å². The molecule has 0 saturated carbocycles. The number of carbonyl (C=O) groups is 1. The van der Waals surface area contributed by atoms with Crippen LogP contribution < -0.4 is 10.6 Å². The summed E-state index contributed by atoms with van der Waals surface area (Å²) in [5.74, 6) is -0.245. The van der Waals surface area contributed by atoms with E-state index in [0.29, 0.717) is 12.1 Å². The Labute approximate surface area is 178 Å². The monoisotopic (exact) mass is 439 g/mol. The zero-order valence-electron chi connectivity index (χ0n) is 17.0. The summed E-state index contributed by atoms with van der Waals surface area (Å²) in [6, 6.07) is 5.13. The SMILES string of the molecule is COC(=O)[C@H](CC(C)C)Nc1nc(Nc2cccc(F)c2)nc(SCC(O)CO)n1. The Morgan fingerprint density at radius 1 is 1.27 bits per heavy atom. The van der Waals surface area contributed by atoms with E-state index < -0.39 is 30.5 Å². The number of hydrogen-bond donors (Lipinski definition) is 4. The van der Waals surface area contributed by atoms with Crippen molar-refractivity contribution in [2.45, 2.75) is 37.6 Å². The lowest BCUT2D eigenvalue weighted by Gasteiger charge is -2.19. The van der Waals surface area contributed by atoms with Gasteiger partial charge in [0.2, 0.25) is 11.9 Å². The Hall–Kier alpha value is -2.50. The second kappa shape index (κ2) is 11.6. The molecule has 0 saturated heterocycles. The molecule has 0 radical (unpaired) electrons. The number of aromatic nitrogens is 3. The minimum absolute atomic E-state index is 0.126. The average molecular weight is 440 g/mol. The molecule has 1 heterocycles. The summed E-state index contributed by atoms with van der Waals surface area (Å²) in [4.78, 5) is 24.9. The van der Waals surface area contributed by atoms with Crippen molar-refractivity contribution in [1.29, 1.82) is 0 Å². The number of esters is 1. The summed E-state index contributed by atoms with van der Waals surface area (Å²) in [6.45, 7) is 3.55. The van der Waals surface area contributed by atoms with E-state index in [9.17, 15) is 14.3 Å². The fourth-order valence-electron chi connectivity index (χ4n) is 2.44. The molecule has 2 atom stereocenters. The highest BCUT2D eigenvalue weighted by atomic mass is 32.2. The van der Waals surface area contributed by atoms with Crippen molar-refractivity contribution in [2.75, 3.05) is 30.1 Å². The van der Waals surface area contributed by atoms with E-state index in [1.54, 1.807) is 12.1 Å². The lowest BCUT2D eigenvalue weighted by Crippen LogP contribution is -2.33. The van der Waals surface area contributed by atoms with Gasteiger partial charge in [-0.2, -0.15) is 15.0 Å². The second-order valence-electron chi connectivity index (χ2n) is 6.90. The quantitative estimate of drug-likeness (QED) is 0.305. The summed E-state index contributed by atoms with van der Waals surface area (Å²) >= 11 is 1.11. The second-order valence-corrected chi connectivity index (χ2v) is 7.88. The molecule has 11 heteroatoms. The fraction of sp³-hybridized carbons (Fsp3) is 0.474. The van der Waals surface area contributed by atoms with Gasteiger partial charge in [-0.15, -0.1) is 0 Å². The minimum atomic E-state index is -0.938. The van der Waals surface area contributed by atoms with Crippen molar-refractivity contribution in [2.24, 2.45) is 5.92 Å². The Balaban J connectivity index is 2.30. The molecule has 2 rings (SSSR count). The Kier molecular flexibility index (Phi) is 9.21. The molecule has 0 aliphatic carbocycles. The van der Waals surface area contributed by atoms with Crippen molar-refractivity contribution in [3.05, 3.63) is 30.1 Å². The summed E-state index contributed by atoms with van der Waals surface area (Å²) in [5.41, 5.74) is 0.435. The molecule has 0 spiro atoms. The fourth-order valence-corrected chi connectivity index (χ4v) is 3.19. The number of anilines is 3. The van der Waals surface area contributed by atoms with E-state index in [0.717, 1.165) is 11.8 Å². The van der Waals surface area contributed by atoms with Crippen LogP contribution >= 0.6 is 11.8 Å². The van der Waals surface area contributed by atoms with Crippen molar-refractivity contribution in [3.63, 3.8) is 0 Å². The van der Waals surface area contributed by atoms with E-state index in [1.165, 1.54) is 19.2 Å². The standard InChI is InChI=1S/C19H26FN5O4S/c1-11(2)7-15(16(28)29-3)22-18-23-17(21-13-6-4-5-12(20)8-13)24-19(25-18)30-10-14(27)9-26/h4-6,8,11,14-15,26-27H,7,9-10H2,1-3H3,(H2,21,22,23,24,25)/t14?,15-/m0/s1. The number of methoxy groups -OCH3 is 1. The molecule has 0 fully saturated rings. The number of rotatable bonds is 11. The maximum absolute atomic E-state index is 13.5. The van der Waals surface area contributed by atoms with Gasteiger partial charge in [0.1, 0.15) is 11.9 Å². The predicted molar refractivity (Wildman–Crippen MR) is 112 cm³/mol. The van der Waals surface area contributed by atoms with Crippen LogP contribution in [0.3, 0.4) is 0 Å². The predicted octanol–water partition coefficient (Wildman–Crippen LogP) is 2.20. The van der Waals surface area contributed by atoms with Gasteiger partial charge in [-0.3, -0.25) is 0 Å². The van der Waals surface area contributed by atoms with Gasteiger partial charge in [-0.05, 0) is 30.5 Å². The van der Waals surface area contributed by atoms with E-state index in [1.807, 2.05) is 13.8 Å². The zero-order chi connectivity index (χ0) is 22.1. The first kappa shape index (κ1) is 23.8. The molecular formula is C19H26FN5O4S. The van der Waals surface area contributed by atoms with E-state index >= 15 is 0 Å². The van der Waals surface area contributed by atoms with Crippen LogP contribution in [-0.2, 0) is 9.53 Å². The lowest BCUT2D eigenvalue weighted by atomic mass is 10.0. The van der Waals surface area contributed by atoms with Crippen LogP contribution in [0.15, 0.2) is 29.4 Å². The number of ether oxygens (including phenoxy) is 1. The molecule has 1 aromatic carbocycles. The summed E-state index contributed by atoms with van der Waals surface area (Å²) in [5, 5.41) is 24.7. The maximum Gasteiger partial charge on any atom is 0.328 e. The number of nitrogens with zero attached hydrogens (tertiary/aromatic N) is 3. The molecule has 1 unspecified atom stereocenters. The third kappa shape index (κ3) is 7.73. The van der Waals surface area contributed by atoms with Crippen molar-refractivity contribution in [3.8, 4) is 0 Å². The van der Waals surface area contributed by atoms with E-state index in [4.69, 9.17) is 9.84 Å². The molecule has 0 aliphatic rings. The first-order valence-electron chi connectivity index (χ1n) is 9.35. The third-order valence-electron chi connectivity index (χ3n) is 3.81. The summed E-state index contributed by atoms with van der Waals surface area (Å²) < 4.78 is 18.3. The lowest BCUT2D eigenvalue weighted by molar-refractivity contribution is -0.141. The van der Waals surface area contributed by atoms with Crippen LogP contribution in [-0.4, -0.2) is 62.7 Å². The topological polar surface area (TPSA) is 129 Å². The molecule has 0 amide bonds. The van der Waals surface area contributed by atoms with Crippen molar-refractivity contribution in [1.82, 2.24) is 15.0 Å². The molecule has 0 bridgehead atoms. The van der Waals surface area contributed by atoms with Crippen LogP contribution in [0, 0.1) is 11.7 Å². The average Bonchev–Trinajstić information content (AvgIpc) is 2.70. The molecule has 2 aromatic rings. The number of benzene rings is 1. The highest BCUT2D eigenvalue weighted by Crippen LogP contribution is 2.21. The first-order valence-corrected chi connectivity index (χ1v) is 10.3. The number of halogens is 1. The normalized spacial score (nSPS) is 13.0. The van der Waals surface area contributed by atoms with Crippen LogP contribution in [0.4, 0.5) is 22.0 Å². The Bertz CT molecular complexity index is 842. The highest BCUT2D eigenvalue weighted by molar-refractivity contribution is 7.99. The number of carbonyl (C=O) groups excluding carboxylic acids is 1. The molecule has 1 aromatic heterocycles. The van der Waals surface area contributed by atoms with Gasteiger partial charge in [-0.1, -0.05) is 31.7 Å².